The van der Waals surface area contributed by atoms with Crippen LogP contribution in [-0.2, 0) is 0 Å². The molecule has 0 aliphatic heterocycles. The number of anilines is 1. The zero-order valence-electron chi connectivity index (χ0n) is 9.06. The van der Waals surface area contributed by atoms with Crippen molar-refractivity contribution < 1.29 is 9.52 Å². The average Bonchev–Trinajstić information content (AvgIpc) is 2.32. The topological polar surface area (TPSA) is 56.0 Å². The summed E-state index contributed by atoms with van der Waals surface area (Å²) in [7, 11) is 0. The van der Waals surface area contributed by atoms with E-state index in [2.05, 4.69) is 27.9 Å². The molecule has 0 radical (unpaired) electrons. The minimum Gasteiger partial charge on any atom is -0.618 e. The van der Waals surface area contributed by atoms with E-state index in [1.54, 1.807) is 6.07 Å². The minimum absolute atomic E-state index is 0.0285. The van der Waals surface area contributed by atoms with Crippen LogP contribution in [0.15, 0.2) is 42.6 Å². The normalized spacial score (nSPS) is 10.1. The lowest BCUT2D eigenvalue weighted by atomic mass is 10.2. The quantitative estimate of drug-likeness (QED) is 0.380. The summed E-state index contributed by atoms with van der Waals surface area (Å²) in [6.07, 6.45) is 1.14. The van der Waals surface area contributed by atoms with Gasteiger partial charge in [-0.05, 0) is 58.5 Å². The van der Waals surface area contributed by atoms with E-state index in [9.17, 15) is 10.0 Å². The first-order valence-corrected chi connectivity index (χ1v) is 6.47. The summed E-state index contributed by atoms with van der Waals surface area (Å²) < 4.78 is 1.46. The van der Waals surface area contributed by atoms with Gasteiger partial charge >= 0.3 is 0 Å². The van der Waals surface area contributed by atoms with Crippen molar-refractivity contribution in [2.45, 2.75) is 0 Å². The fourth-order valence-corrected chi connectivity index (χ4v) is 2.02. The number of nitrogens with zero attached hydrogens (tertiary/aromatic N) is 1. The lowest BCUT2D eigenvalue weighted by Gasteiger charge is -2.05. The van der Waals surface area contributed by atoms with Gasteiger partial charge in [0.1, 0.15) is 5.56 Å². The van der Waals surface area contributed by atoms with Gasteiger partial charge < -0.3 is 10.5 Å². The largest absolute Gasteiger partial charge is 0.618 e. The zero-order chi connectivity index (χ0) is 13.1. The van der Waals surface area contributed by atoms with Gasteiger partial charge in [0, 0.05) is 15.3 Å². The molecule has 0 aliphatic carbocycles. The number of carbonyl (C=O) groups excluding carboxylic acids is 1. The SMILES string of the molecule is O=C(Nc1cccc(I)c1)c1ccc(Cl)[n+]([O-])c1. The monoisotopic (exact) mass is 374 g/mol. The molecule has 0 unspecified atom stereocenters. The second-order valence-electron chi connectivity index (χ2n) is 3.53. The van der Waals surface area contributed by atoms with E-state index in [4.69, 9.17) is 11.6 Å². The lowest BCUT2D eigenvalue weighted by Crippen LogP contribution is -2.29. The number of halogens is 2. The highest BCUT2D eigenvalue weighted by Gasteiger charge is 2.11. The number of aromatic nitrogens is 1. The molecule has 2 aromatic rings. The highest BCUT2D eigenvalue weighted by atomic mass is 127. The summed E-state index contributed by atoms with van der Waals surface area (Å²) in [6.45, 7) is 0. The van der Waals surface area contributed by atoms with Gasteiger partial charge in [0.25, 0.3) is 11.1 Å². The van der Waals surface area contributed by atoms with Gasteiger partial charge in [0.05, 0.1) is 0 Å². The van der Waals surface area contributed by atoms with Crippen molar-refractivity contribution in [1.82, 2.24) is 0 Å². The van der Waals surface area contributed by atoms with Crippen LogP contribution in [0.2, 0.25) is 5.15 Å². The smallest absolute Gasteiger partial charge is 0.286 e. The van der Waals surface area contributed by atoms with E-state index in [-0.39, 0.29) is 16.6 Å². The van der Waals surface area contributed by atoms with E-state index < -0.39 is 0 Å². The highest BCUT2D eigenvalue weighted by Crippen LogP contribution is 2.13. The van der Waals surface area contributed by atoms with E-state index in [1.807, 2.05) is 18.2 Å². The molecular formula is C12H8ClIN2O2. The lowest BCUT2D eigenvalue weighted by molar-refractivity contribution is -0.603. The summed E-state index contributed by atoms with van der Waals surface area (Å²) in [5, 5.41) is 14.0. The fraction of sp³-hybridized carbons (Fsp3) is 0. The van der Waals surface area contributed by atoms with Crippen LogP contribution in [0.1, 0.15) is 10.4 Å². The van der Waals surface area contributed by atoms with Crippen molar-refractivity contribution in [2.75, 3.05) is 5.32 Å². The van der Waals surface area contributed by atoms with Gasteiger partial charge in [-0.1, -0.05) is 6.07 Å². The Hall–Kier alpha value is -1.34. The van der Waals surface area contributed by atoms with Crippen molar-refractivity contribution in [3.05, 3.63) is 62.1 Å². The fourth-order valence-electron chi connectivity index (χ4n) is 1.37. The maximum absolute atomic E-state index is 11.9. The number of benzene rings is 1. The predicted octanol–water partition coefficient (Wildman–Crippen LogP) is 2.83. The first kappa shape index (κ1) is 13.1. The zero-order valence-corrected chi connectivity index (χ0v) is 12.0. The molecule has 0 fully saturated rings. The Labute approximate surface area is 122 Å². The van der Waals surface area contributed by atoms with Crippen LogP contribution in [0.3, 0.4) is 0 Å². The van der Waals surface area contributed by atoms with Gasteiger partial charge in [-0.2, -0.15) is 4.73 Å². The number of hydrogen-bond donors (Lipinski definition) is 1. The summed E-state index contributed by atoms with van der Waals surface area (Å²) in [6, 6.07) is 10.3. The van der Waals surface area contributed by atoms with E-state index in [0.717, 1.165) is 9.77 Å². The summed E-state index contributed by atoms with van der Waals surface area (Å²) in [5.41, 5.74) is 0.938. The molecule has 0 atom stereocenters. The molecule has 4 nitrogen and oxygen atoms in total. The van der Waals surface area contributed by atoms with Crippen LogP contribution in [0.25, 0.3) is 0 Å². The maximum atomic E-state index is 11.9. The molecular weight excluding hydrogens is 367 g/mol. The Morgan fingerprint density at radius 2 is 2.11 bits per heavy atom. The van der Waals surface area contributed by atoms with E-state index >= 15 is 0 Å². The molecule has 2 rings (SSSR count). The van der Waals surface area contributed by atoms with Crippen molar-refractivity contribution in [3.8, 4) is 0 Å². The van der Waals surface area contributed by atoms with Crippen LogP contribution >= 0.6 is 34.2 Å². The molecule has 92 valence electrons. The first-order valence-electron chi connectivity index (χ1n) is 5.02. The van der Waals surface area contributed by atoms with Gasteiger partial charge in [-0.15, -0.1) is 0 Å². The summed E-state index contributed by atoms with van der Waals surface area (Å²) in [5.74, 6) is -0.349. The maximum Gasteiger partial charge on any atom is 0.286 e. The van der Waals surface area contributed by atoms with Crippen molar-refractivity contribution >= 4 is 45.8 Å². The number of amides is 1. The van der Waals surface area contributed by atoms with Crippen LogP contribution in [0.4, 0.5) is 5.69 Å². The van der Waals surface area contributed by atoms with Gasteiger partial charge in [0.15, 0.2) is 6.20 Å². The molecule has 6 heteroatoms. The van der Waals surface area contributed by atoms with Crippen molar-refractivity contribution in [1.29, 1.82) is 0 Å². The summed E-state index contributed by atoms with van der Waals surface area (Å²) >= 11 is 7.74. The molecule has 1 amide bonds. The molecule has 1 N–H and O–H groups in total. The average molecular weight is 375 g/mol. The van der Waals surface area contributed by atoms with Crippen LogP contribution < -0.4 is 10.0 Å². The van der Waals surface area contributed by atoms with Crippen LogP contribution in [-0.4, -0.2) is 5.91 Å². The Kier molecular flexibility index (Phi) is 4.03. The minimum atomic E-state index is -0.349. The molecule has 0 aliphatic rings. The highest BCUT2D eigenvalue weighted by molar-refractivity contribution is 14.1. The van der Waals surface area contributed by atoms with Crippen molar-refractivity contribution in [3.63, 3.8) is 0 Å². The van der Waals surface area contributed by atoms with Crippen LogP contribution in [0, 0.1) is 8.78 Å². The number of hydrogen-bond acceptors (Lipinski definition) is 2. The number of pyridine rings is 1. The Morgan fingerprint density at radius 1 is 1.33 bits per heavy atom. The molecule has 1 heterocycles. The number of rotatable bonds is 2. The number of carbonyl (C=O) groups is 1. The second kappa shape index (κ2) is 5.53. The van der Waals surface area contributed by atoms with Gasteiger partial charge in [-0.3, -0.25) is 4.79 Å². The second-order valence-corrected chi connectivity index (χ2v) is 5.16. The predicted molar refractivity (Wildman–Crippen MR) is 77.5 cm³/mol. The Morgan fingerprint density at radius 3 is 2.78 bits per heavy atom. The third-order valence-electron chi connectivity index (χ3n) is 2.21. The molecule has 18 heavy (non-hydrogen) atoms. The van der Waals surface area contributed by atoms with Crippen LogP contribution in [0.5, 0.6) is 0 Å². The van der Waals surface area contributed by atoms with Gasteiger partial charge in [0.2, 0.25) is 0 Å². The third-order valence-corrected chi connectivity index (χ3v) is 3.18. The van der Waals surface area contributed by atoms with E-state index in [0.29, 0.717) is 10.4 Å². The molecule has 1 aromatic heterocycles. The standard InChI is InChI=1S/C12H8ClIN2O2/c13-11-5-4-8(7-16(11)18)12(17)15-10-3-1-2-9(14)6-10/h1-7H,(H,15,17). The first-order chi connectivity index (χ1) is 8.56. The van der Waals surface area contributed by atoms with Crippen molar-refractivity contribution in [2.24, 2.45) is 0 Å². The Balaban J connectivity index is 2.19. The Bertz CT molecular complexity index is 604. The summed E-state index contributed by atoms with van der Waals surface area (Å²) in [4.78, 5) is 11.9. The molecule has 0 saturated heterocycles. The van der Waals surface area contributed by atoms with Gasteiger partial charge in [-0.25, -0.2) is 0 Å². The molecule has 0 spiro atoms. The molecule has 1 aromatic carbocycles. The van der Waals surface area contributed by atoms with E-state index in [1.165, 1.54) is 12.1 Å². The molecule has 0 saturated carbocycles. The third kappa shape index (κ3) is 3.11. The molecule has 0 bridgehead atoms. The number of nitrogens with one attached hydrogen (secondary N) is 1.